The number of aliphatic hydroxyl groups is 1. The van der Waals surface area contributed by atoms with Gasteiger partial charge >= 0.3 is 0 Å². The Morgan fingerprint density at radius 2 is 2.08 bits per heavy atom. The summed E-state index contributed by atoms with van der Waals surface area (Å²) < 4.78 is 5.37. The van der Waals surface area contributed by atoms with Gasteiger partial charge in [0.15, 0.2) is 0 Å². The van der Waals surface area contributed by atoms with Gasteiger partial charge in [0, 0.05) is 24.0 Å². The second-order valence-electron chi connectivity index (χ2n) is 7.33. The number of hydrogen-bond donors (Lipinski definition) is 2. The fourth-order valence-electron chi connectivity index (χ4n) is 4.61. The second kappa shape index (κ2) is 6.73. The van der Waals surface area contributed by atoms with E-state index in [0.29, 0.717) is 17.9 Å². The zero-order valence-electron chi connectivity index (χ0n) is 14.6. The lowest BCUT2D eigenvalue weighted by Crippen LogP contribution is -2.48. The fraction of sp³-hybridized carbons (Fsp3) is 0.632. The number of likely N-dealkylation sites (tertiary alicyclic amines) is 1. The number of amides is 1. The maximum Gasteiger partial charge on any atom is 0.258 e. The van der Waals surface area contributed by atoms with E-state index in [2.05, 4.69) is 6.92 Å². The maximum absolute atomic E-state index is 13.3. The number of fused-ring (bicyclic) bond motifs is 1. The summed E-state index contributed by atoms with van der Waals surface area (Å²) in [5.74, 6) is 0.548. The lowest BCUT2D eigenvalue weighted by molar-refractivity contribution is 0.0121. The Kier molecular flexibility index (Phi) is 4.83. The number of methoxy groups -OCH3 is 1. The summed E-state index contributed by atoms with van der Waals surface area (Å²) in [6.45, 7) is 2.53. The van der Waals surface area contributed by atoms with Crippen LogP contribution >= 0.6 is 0 Å². The molecule has 3 rings (SSSR count). The van der Waals surface area contributed by atoms with Crippen LogP contribution in [0.5, 0.6) is 5.75 Å². The zero-order valence-corrected chi connectivity index (χ0v) is 14.6. The van der Waals surface area contributed by atoms with Gasteiger partial charge in [0.1, 0.15) is 5.75 Å². The van der Waals surface area contributed by atoms with E-state index in [-0.39, 0.29) is 29.5 Å². The van der Waals surface area contributed by atoms with E-state index in [1.807, 2.05) is 23.1 Å². The predicted molar refractivity (Wildman–Crippen MR) is 93.0 cm³/mol. The molecule has 5 heteroatoms. The number of carbonyl (C=O) groups is 1. The van der Waals surface area contributed by atoms with Gasteiger partial charge in [-0.2, -0.15) is 0 Å². The summed E-state index contributed by atoms with van der Waals surface area (Å²) in [6.07, 6.45) is 4.15. The van der Waals surface area contributed by atoms with Crippen LogP contribution in [0, 0.1) is 5.41 Å². The molecule has 2 fully saturated rings. The minimum atomic E-state index is -0.380. The van der Waals surface area contributed by atoms with Crippen molar-refractivity contribution in [3.63, 3.8) is 0 Å². The molecule has 4 atom stereocenters. The van der Waals surface area contributed by atoms with Crippen LogP contribution in [-0.4, -0.2) is 47.8 Å². The Balaban J connectivity index is 1.99. The van der Waals surface area contributed by atoms with Crippen molar-refractivity contribution >= 4 is 5.91 Å². The summed E-state index contributed by atoms with van der Waals surface area (Å²) in [5, 5.41) is 10.7. The van der Waals surface area contributed by atoms with E-state index >= 15 is 0 Å². The average Bonchev–Trinajstić information content (AvgIpc) is 2.83. The Morgan fingerprint density at radius 3 is 2.79 bits per heavy atom. The molecule has 1 aromatic carbocycles. The van der Waals surface area contributed by atoms with Gasteiger partial charge in [-0.3, -0.25) is 4.79 Å². The van der Waals surface area contributed by atoms with Crippen molar-refractivity contribution in [1.29, 1.82) is 0 Å². The molecular formula is C19H28N2O3. The Bertz CT molecular complexity index is 606. The number of nitrogens with zero attached hydrogens (tertiary/aromatic N) is 1. The van der Waals surface area contributed by atoms with Crippen molar-refractivity contribution < 1.29 is 14.6 Å². The molecule has 5 nitrogen and oxygen atoms in total. The molecule has 0 radical (unpaired) electrons. The Morgan fingerprint density at radius 1 is 1.38 bits per heavy atom. The van der Waals surface area contributed by atoms with Crippen molar-refractivity contribution in [3.05, 3.63) is 29.8 Å². The van der Waals surface area contributed by atoms with Crippen LogP contribution in [0.3, 0.4) is 0 Å². The average molecular weight is 332 g/mol. The number of rotatable bonds is 3. The van der Waals surface area contributed by atoms with E-state index in [1.165, 1.54) is 0 Å². The van der Waals surface area contributed by atoms with Gasteiger partial charge in [-0.05, 0) is 31.4 Å². The number of hydrogen-bond acceptors (Lipinski definition) is 4. The van der Waals surface area contributed by atoms with Gasteiger partial charge in [-0.1, -0.05) is 31.9 Å². The standard InChI is InChI=1S/C19H28N2O3/c1-19-11-13(12-20)21(16(19)9-5-6-10-17(19)22)18(23)14-7-3-4-8-15(14)24-2/h3-4,7-8,13,16-17,22H,5-6,9-12,20H2,1-2H3/t13-,16-,17-,19-/m1/s1. The summed E-state index contributed by atoms with van der Waals surface area (Å²) >= 11 is 0. The van der Waals surface area contributed by atoms with Crippen LogP contribution in [0.25, 0.3) is 0 Å². The number of nitrogens with two attached hydrogens (primary N) is 1. The molecule has 2 aliphatic rings. The highest BCUT2D eigenvalue weighted by molar-refractivity contribution is 5.97. The Hall–Kier alpha value is -1.59. The highest BCUT2D eigenvalue weighted by atomic mass is 16.5. The molecule has 1 heterocycles. The quantitative estimate of drug-likeness (QED) is 0.889. The van der Waals surface area contributed by atoms with E-state index in [4.69, 9.17) is 10.5 Å². The molecule has 3 N–H and O–H groups in total. The van der Waals surface area contributed by atoms with Crippen molar-refractivity contribution in [1.82, 2.24) is 4.90 Å². The second-order valence-corrected chi connectivity index (χ2v) is 7.33. The van der Waals surface area contributed by atoms with Crippen LogP contribution in [0.2, 0.25) is 0 Å². The van der Waals surface area contributed by atoms with Crippen LogP contribution < -0.4 is 10.5 Å². The van der Waals surface area contributed by atoms with Crippen LogP contribution in [0.4, 0.5) is 0 Å². The normalized spacial score (nSPS) is 33.0. The van der Waals surface area contributed by atoms with Crippen LogP contribution in [0.1, 0.15) is 49.4 Å². The van der Waals surface area contributed by atoms with E-state index in [9.17, 15) is 9.90 Å². The predicted octanol–water partition coefficient (Wildman–Crippen LogP) is 2.18. The lowest BCUT2D eigenvalue weighted by Gasteiger charge is -2.37. The molecule has 0 aromatic heterocycles. The van der Waals surface area contributed by atoms with Gasteiger partial charge in [-0.25, -0.2) is 0 Å². The first-order valence-corrected chi connectivity index (χ1v) is 8.86. The molecule has 1 aromatic rings. The summed E-state index contributed by atoms with van der Waals surface area (Å²) in [4.78, 5) is 15.3. The SMILES string of the molecule is COc1ccccc1C(=O)N1[C@@H](CN)C[C@@]2(C)[C@H](O)CCCC[C@@H]12. The van der Waals surface area contributed by atoms with Gasteiger partial charge < -0.3 is 20.5 Å². The topological polar surface area (TPSA) is 75.8 Å². The molecule has 1 aliphatic heterocycles. The van der Waals surface area contributed by atoms with Gasteiger partial charge in [0.05, 0.1) is 18.8 Å². The first-order valence-electron chi connectivity index (χ1n) is 8.86. The largest absolute Gasteiger partial charge is 0.496 e. The molecule has 1 saturated carbocycles. The third-order valence-electron chi connectivity index (χ3n) is 5.98. The van der Waals surface area contributed by atoms with Crippen molar-refractivity contribution in [2.45, 2.75) is 57.2 Å². The molecule has 0 unspecified atom stereocenters. The highest BCUT2D eigenvalue weighted by Crippen LogP contribution is 2.48. The van der Waals surface area contributed by atoms with Gasteiger partial charge in [0.25, 0.3) is 5.91 Å². The third-order valence-corrected chi connectivity index (χ3v) is 5.98. The fourth-order valence-corrected chi connectivity index (χ4v) is 4.61. The first kappa shape index (κ1) is 17.2. The van der Waals surface area contributed by atoms with Crippen molar-refractivity contribution in [3.8, 4) is 5.75 Å². The minimum Gasteiger partial charge on any atom is -0.496 e. The maximum atomic E-state index is 13.3. The number of carbonyl (C=O) groups excluding carboxylic acids is 1. The number of para-hydroxylation sites is 1. The monoisotopic (exact) mass is 332 g/mol. The van der Waals surface area contributed by atoms with Crippen LogP contribution in [0.15, 0.2) is 24.3 Å². The number of aliphatic hydroxyl groups excluding tert-OH is 1. The summed E-state index contributed by atoms with van der Waals surface area (Å²) in [5.41, 5.74) is 6.29. The Labute approximate surface area is 143 Å². The van der Waals surface area contributed by atoms with Gasteiger partial charge in [-0.15, -0.1) is 0 Å². The highest BCUT2D eigenvalue weighted by Gasteiger charge is 2.54. The molecule has 0 bridgehead atoms. The van der Waals surface area contributed by atoms with Crippen molar-refractivity contribution in [2.24, 2.45) is 11.1 Å². The smallest absolute Gasteiger partial charge is 0.258 e. The molecule has 1 saturated heterocycles. The van der Waals surface area contributed by atoms with E-state index in [1.54, 1.807) is 13.2 Å². The molecule has 1 aliphatic carbocycles. The molecular weight excluding hydrogens is 304 g/mol. The summed E-state index contributed by atoms with van der Waals surface area (Å²) in [7, 11) is 1.58. The summed E-state index contributed by atoms with van der Waals surface area (Å²) in [6, 6.07) is 7.31. The van der Waals surface area contributed by atoms with Crippen molar-refractivity contribution in [2.75, 3.05) is 13.7 Å². The molecule has 1 amide bonds. The lowest BCUT2D eigenvalue weighted by atomic mass is 9.75. The van der Waals surface area contributed by atoms with Gasteiger partial charge in [0.2, 0.25) is 0 Å². The molecule has 0 spiro atoms. The first-order chi connectivity index (χ1) is 11.5. The third kappa shape index (κ3) is 2.70. The number of ether oxygens (including phenoxy) is 1. The van der Waals surface area contributed by atoms with E-state index < -0.39 is 0 Å². The molecule has 132 valence electrons. The van der Waals surface area contributed by atoms with Crippen LogP contribution in [-0.2, 0) is 0 Å². The minimum absolute atomic E-state index is 0.0287. The van der Waals surface area contributed by atoms with E-state index in [0.717, 1.165) is 32.1 Å². The molecule has 24 heavy (non-hydrogen) atoms. The zero-order chi connectivity index (χ0) is 17.3. The number of benzene rings is 1.